The molecule has 0 amide bonds. The molecule has 0 saturated heterocycles. The first-order valence-corrected chi connectivity index (χ1v) is 25.8. The van der Waals surface area contributed by atoms with Crippen LogP contribution in [0.4, 0.5) is 0 Å². The molecule has 0 saturated carbocycles. The van der Waals surface area contributed by atoms with E-state index in [1.54, 1.807) is 0 Å². The number of nitrogens with zero attached hydrogens (tertiary/aromatic N) is 3. The first kappa shape index (κ1) is 40.4. The lowest BCUT2D eigenvalue weighted by molar-refractivity contribution is 1.18. The SMILES string of the molecule is c1ccc(-n2c3ccccc3c3ccc(-c4ccc(-c5ccc(-c6ccc(-c7cc8c(sc9ccc%10ccccc%10c98)c8nc9c%10ccc%11ccccc%11c%10ccc9n78)cc6)c6ccccc56)cc4)cc32)cc1. The van der Waals surface area contributed by atoms with Gasteiger partial charge in [-0.2, -0.15) is 0 Å². The Morgan fingerprint density at radius 2 is 0.890 bits per heavy atom. The summed E-state index contributed by atoms with van der Waals surface area (Å²) in [6.07, 6.45) is 0. The zero-order valence-electron chi connectivity index (χ0n) is 39.4. The second-order valence-corrected chi connectivity index (χ2v) is 20.5. The average Bonchev–Trinajstić information content (AvgIpc) is 4.15. The van der Waals surface area contributed by atoms with Gasteiger partial charge in [0, 0.05) is 37.3 Å². The van der Waals surface area contributed by atoms with Crippen molar-refractivity contribution in [1.29, 1.82) is 0 Å². The first-order chi connectivity index (χ1) is 36.2. The van der Waals surface area contributed by atoms with Crippen LogP contribution in [0.5, 0.6) is 0 Å². The van der Waals surface area contributed by atoms with Crippen LogP contribution < -0.4 is 0 Å². The van der Waals surface area contributed by atoms with Crippen molar-refractivity contribution in [1.82, 2.24) is 14.0 Å². The van der Waals surface area contributed by atoms with Gasteiger partial charge in [-0.25, -0.2) is 4.98 Å². The molecule has 0 spiro atoms. The summed E-state index contributed by atoms with van der Waals surface area (Å²) in [5.74, 6) is 0. The number of hydrogen-bond donors (Lipinski definition) is 0. The zero-order valence-corrected chi connectivity index (χ0v) is 40.2. The molecule has 16 aromatic rings. The Morgan fingerprint density at radius 3 is 1.64 bits per heavy atom. The number of thiophene rings is 1. The molecule has 0 aliphatic rings. The van der Waals surface area contributed by atoms with Crippen LogP contribution in [0.2, 0.25) is 0 Å². The second-order valence-electron chi connectivity index (χ2n) is 19.4. The zero-order chi connectivity index (χ0) is 47.7. The molecular weight excluding hydrogens is 903 g/mol. The number of benzene rings is 12. The molecule has 3 nitrogen and oxygen atoms in total. The minimum atomic E-state index is 1.00. The highest BCUT2D eigenvalue weighted by atomic mass is 32.1. The number of para-hydroxylation sites is 2. The lowest BCUT2D eigenvalue weighted by atomic mass is 9.91. The monoisotopic (exact) mass is 943 g/mol. The molecule has 0 unspecified atom stereocenters. The molecule has 0 atom stereocenters. The molecule has 4 heterocycles. The summed E-state index contributed by atoms with van der Waals surface area (Å²) in [4.78, 5) is 5.60. The van der Waals surface area contributed by atoms with Crippen LogP contribution in [0.15, 0.2) is 249 Å². The van der Waals surface area contributed by atoms with E-state index in [2.05, 4.69) is 258 Å². The standard InChI is InChI=1S/C69H41N3S/c1-2-14-49(15-3-1)71-61-21-11-10-20-57(61)58-33-31-48(40-64(58)71)42-22-24-45(25-23-42)51-35-36-52(55-19-9-8-18-54(51)55)46-26-28-47(29-27-46)63-41-60-66-53-17-7-5-13-44(53)32-39-65(66)73-68(60)69-70-67-59-34-30-43-12-4-6-16-50(43)56(59)37-38-62(67)72(63)69/h1-41H. The molecule has 0 radical (unpaired) electrons. The summed E-state index contributed by atoms with van der Waals surface area (Å²) in [5.41, 5.74) is 16.2. The molecule has 0 N–H and O–H groups in total. The van der Waals surface area contributed by atoms with Crippen molar-refractivity contribution in [2.24, 2.45) is 0 Å². The van der Waals surface area contributed by atoms with Crippen LogP contribution in [0.25, 0.3) is 152 Å². The van der Waals surface area contributed by atoms with Gasteiger partial charge in [0.15, 0.2) is 5.65 Å². The van der Waals surface area contributed by atoms with Gasteiger partial charge >= 0.3 is 0 Å². The van der Waals surface area contributed by atoms with Gasteiger partial charge in [-0.15, -0.1) is 11.3 Å². The van der Waals surface area contributed by atoms with Crippen LogP contribution in [0.1, 0.15) is 0 Å². The molecule has 0 aliphatic heterocycles. The van der Waals surface area contributed by atoms with Crippen LogP contribution in [-0.2, 0) is 0 Å². The van der Waals surface area contributed by atoms with Crippen LogP contribution >= 0.6 is 11.3 Å². The third-order valence-corrected chi connectivity index (χ3v) is 16.7. The predicted octanol–water partition coefficient (Wildman–Crippen LogP) is 19.2. The van der Waals surface area contributed by atoms with E-state index in [1.165, 1.54) is 124 Å². The fraction of sp³-hybridized carbons (Fsp3) is 0. The van der Waals surface area contributed by atoms with Crippen LogP contribution in [0.3, 0.4) is 0 Å². The van der Waals surface area contributed by atoms with Gasteiger partial charge in [-0.1, -0.05) is 206 Å². The predicted molar refractivity (Wildman–Crippen MR) is 312 cm³/mol. The van der Waals surface area contributed by atoms with Crippen molar-refractivity contribution in [3.63, 3.8) is 0 Å². The Hall–Kier alpha value is -9.35. The van der Waals surface area contributed by atoms with E-state index < -0.39 is 0 Å². The van der Waals surface area contributed by atoms with E-state index in [0.29, 0.717) is 0 Å². The summed E-state index contributed by atoms with van der Waals surface area (Å²) in [6, 6.07) is 91.6. The Kier molecular flexibility index (Phi) is 8.62. The number of hydrogen-bond acceptors (Lipinski definition) is 2. The summed E-state index contributed by atoms with van der Waals surface area (Å²) in [7, 11) is 0. The van der Waals surface area contributed by atoms with Crippen molar-refractivity contribution in [2.75, 3.05) is 0 Å². The van der Waals surface area contributed by atoms with E-state index in [0.717, 1.165) is 27.9 Å². The summed E-state index contributed by atoms with van der Waals surface area (Å²) in [6.45, 7) is 0. The van der Waals surface area contributed by atoms with Crippen molar-refractivity contribution in [3.8, 4) is 50.3 Å². The van der Waals surface area contributed by atoms with Gasteiger partial charge < -0.3 is 4.57 Å². The fourth-order valence-corrected chi connectivity index (χ4v) is 13.3. The Bertz CT molecular complexity index is 4940. The Morgan fingerprint density at radius 1 is 0.329 bits per heavy atom. The van der Waals surface area contributed by atoms with Crippen molar-refractivity contribution in [3.05, 3.63) is 249 Å². The highest BCUT2D eigenvalue weighted by Crippen LogP contribution is 2.45. The van der Waals surface area contributed by atoms with Gasteiger partial charge in [-0.05, 0) is 119 Å². The average molecular weight is 944 g/mol. The van der Waals surface area contributed by atoms with E-state index in [1.807, 2.05) is 11.3 Å². The minimum Gasteiger partial charge on any atom is -0.309 e. The number of fused-ring (bicyclic) bond motifs is 17. The molecule has 0 aliphatic carbocycles. The molecule has 0 fully saturated rings. The lowest BCUT2D eigenvalue weighted by Gasteiger charge is -2.14. The highest BCUT2D eigenvalue weighted by Gasteiger charge is 2.21. The van der Waals surface area contributed by atoms with Gasteiger partial charge in [0.25, 0.3) is 0 Å². The Balaban J connectivity index is 0.804. The normalized spacial score (nSPS) is 12.1. The third kappa shape index (κ3) is 6.02. The van der Waals surface area contributed by atoms with Gasteiger partial charge in [0.05, 0.1) is 32.5 Å². The quantitative estimate of drug-likeness (QED) is 0.158. The topological polar surface area (TPSA) is 22.2 Å². The van der Waals surface area contributed by atoms with E-state index in [-0.39, 0.29) is 0 Å². The number of rotatable bonds is 5. The summed E-state index contributed by atoms with van der Waals surface area (Å²) < 4.78 is 7.29. The molecule has 338 valence electrons. The van der Waals surface area contributed by atoms with Crippen molar-refractivity contribution in [2.45, 2.75) is 0 Å². The molecule has 73 heavy (non-hydrogen) atoms. The van der Waals surface area contributed by atoms with E-state index in [9.17, 15) is 0 Å². The summed E-state index contributed by atoms with van der Waals surface area (Å²) >= 11 is 1.85. The smallest absolute Gasteiger partial charge is 0.156 e. The molecule has 4 aromatic heterocycles. The van der Waals surface area contributed by atoms with Crippen LogP contribution in [0, 0.1) is 0 Å². The first-order valence-electron chi connectivity index (χ1n) is 25.0. The number of imidazole rings is 1. The van der Waals surface area contributed by atoms with Gasteiger partial charge in [0.2, 0.25) is 0 Å². The third-order valence-electron chi connectivity index (χ3n) is 15.5. The van der Waals surface area contributed by atoms with Gasteiger partial charge in [-0.3, -0.25) is 4.40 Å². The summed E-state index contributed by atoms with van der Waals surface area (Å²) in [5, 5.41) is 15.0. The maximum absolute atomic E-state index is 5.60. The van der Waals surface area contributed by atoms with E-state index in [4.69, 9.17) is 4.98 Å². The molecule has 4 heteroatoms. The number of pyridine rings is 1. The second kappa shape index (κ2) is 15.6. The molecule has 16 rings (SSSR count). The van der Waals surface area contributed by atoms with Crippen LogP contribution in [-0.4, -0.2) is 14.0 Å². The maximum Gasteiger partial charge on any atom is 0.156 e. The van der Waals surface area contributed by atoms with E-state index >= 15 is 0 Å². The fourth-order valence-electron chi connectivity index (χ4n) is 12.1. The lowest BCUT2D eigenvalue weighted by Crippen LogP contribution is -1.93. The maximum atomic E-state index is 5.60. The molecule has 12 aromatic carbocycles. The van der Waals surface area contributed by atoms with Gasteiger partial charge in [0.1, 0.15) is 0 Å². The largest absolute Gasteiger partial charge is 0.309 e. The molecular formula is C69H41N3S. The van der Waals surface area contributed by atoms with Crippen molar-refractivity contribution < 1.29 is 0 Å². The number of aromatic nitrogens is 3. The van der Waals surface area contributed by atoms with Crippen molar-refractivity contribution >= 4 is 113 Å². The highest BCUT2D eigenvalue weighted by molar-refractivity contribution is 7.26. The Labute approximate surface area is 423 Å². The minimum absolute atomic E-state index is 1.00. The molecule has 0 bridgehead atoms.